The second-order valence-electron chi connectivity index (χ2n) is 4.51. The molecule has 0 spiro atoms. The maximum Gasteiger partial charge on any atom is 0.153 e. The second-order valence-corrected chi connectivity index (χ2v) is 5.43. The highest BCUT2D eigenvalue weighted by Crippen LogP contribution is 2.33. The molecular weight excluding hydrogens is 278 g/mol. The van der Waals surface area contributed by atoms with Gasteiger partial charge in [-0.25, -0.2) is 13.8 Å². The van der Waals surface area contributed by atoms with Gasteiger partial charge in [0.15, 0.2) is 5.82 Å². The van der Waals surface area contributed by atoms with Gasteiger partial charge in [-0.1, -0.05) is 18.2 Å². The number of thiophene rings is 1. The summed E-state index contributed by atoms with van der Waals surface area (Å²) in [5.74, 6) is -0.704. The number of nitrogens with zero attached hydrogens (tertiary/aromatic N) is 1. The Labute approximate surface area is 116 Å². The molecular formula is C15H8F2N2S. The minimum Gasteiger partial charge on any atom is -0.338 e. The van der Waals surface area contributed by atoms with Gasteiger partial charge in [0.25, 0.3) is 0 Å². The van der Waals surface area contributed by atoms with E-state index < -0.39 is 11.6 Å². The van der Waals surface area contributed by atoms with Crippen molar-refractivity contribution < 1.29 is 8.78 Å². The molecule has 20 heavy (non-hydrogen) atoms. The normalized spacial score (nSPS) is 11.5. The molecule has 0 fully saturated rings. The lowest BCUT2D eigenvalue weighted by atomic mass is 10.2. The molecule has 2 aromatic carbocycles. The number of H-pyrrole nitrogens is 1. The van der Waals surface area contributed by atoms with Crippen LogP contribution >= 0.6 is 11.3 Å². The lowest BCUT2D eigenvalue weighted by molar-refractivity contribution is 0.591. The van der Waals surface area contributed by atoms with Crippen LogP contribution in [-0.4, -0.2) is 9.97 Å². The maximum atomic E-state index is 13.7. The van der Waals surface area contributed by atoms with Crippen LogP contribution < -0.4 is 0 Å². The van der Waals surface area contributed by atoms with E-state index in [0.29, 0.717) is 11.3 Å². The molecule has 4 aromatic rings. The van der Waals surface area contributed by atoms with Crippen molar-refractivity contribution in [3.8, 4) is 11.4 Å². The molecule has 0 amide bonds. The smallest absolute Gasteiger partial charge is 0.153 e. The van der Waals surface area contributed by atoms with Crippen LogP contribution in [0.2, 0.25) is 0 Å². The predicted octanol–water partition coefficient (Wildman–Crippen LogP) is 4.72. The Bertz CT molecular complexity index is 940. The Morgan fingerprint density at radius 2 is 1.95 bits per heavy atom. The summed E-state index contributed by atoms with van der Waals surface area (Å²) in [5, 5.41) is 3.02. The molecule has 0 saturated carbocycles. The fourth-order valence-electron chi connectivity index (χ4n) is 2.33. The Morgan fingerprint density at radius 3 is 2.85 bits per heavy atom. The number of aromatic nitrogens is 2. The summed E-state index contributed by atoms with van der Waals surface area (Å²) < 4.78 is 28.0. The van der Waals surface area contributed by atoms with Crippen LogP contribution in [0.1, 0.15) is 0 Å². The van der Waals surface area contributed by atoms with E-state index in [9.17, 15) is 8.78 Å². The molecule has 0 aliphatic rings. The summed E-state index contributed by atoms with van der Waals surface area (Å²) in [6, 6.07) is 10.0. The van der Waals surface area contributed by atoms with Gasteiger partial charge in [0.1, 0.15) is 17.2 Å². The number of fused-ring (bicyclic) bond motifs is 2. The molecule has 2 aromatic heterocycles. The first-order chi connectivity index (χ1) is 9.72. The van der Waals surface area contributed by atoms with Gasteiger partial charge < -0.3 is 4.98 Å². The van der Waals surface area contributed by atoms with Gasteiger partial charge in [-0.2, -0.15) is 0 Å². The summed E-state index contributed by atoms with van der Waals surface area (Å²) in [6.07, 6.45) is 0. The van der Waals surface area contributed by atoms with Crippen LogP contribution in [0.5, 0.6) is 0 Å². The summed E-state index contributed by atoms with van der Waals surface area (Å²) in [5.41, 5.74) is 1.44. The van der Waals surface area contributed by atoms with Gasteiger partial charge in [-0.05, 0) is 12.1 Å². The Morgan fingerprint density at radius 1 is 1.10 bits per heavy atom. The van der Waals surface area contributed by atoms with Crippen LogP contribution in [0.3, 0.4) is 0 Å². The number of benzene rings is 2. The van der Waals surface area contributed by atoms with E-state index in [1.165, 1.54) is 6.07 Å². The molecule has 2 heterocycles. The summed E-state index contributed by atoms with van der Waals surface area (Å²) in [6.45, 7) is 0. The fraction of sp³-hybridized carbons (Fsp3) is 0. The van der Waals surface area contributed by atoms with Gasteiger partial charge in [0, 0.05) is 27.1 Å². The quantitative estimate of drug-likeness (QED) is 0.538. The topological polar surface area (TPSA) is 28.7 Å². The van der Waals surface area contributed by atoms with Gasteiger partial charge in [0.05, 0.1) is 5.52 Å². The van der Waals surface area contributed by atoms with Crippen molar-refractivity contribution in [2.75, 3.05) is 0 Å². The first-order valence-corrected chi connectivity index (χ1v) is 6.92. The zero-order valence-corrected chi connectivity index (χ0v) is 11.0. The van der Waals surface area contributed by atoms with Crippen molar-refractivity contribution in [3.63, 3.8) is 0 Å². The number of imidazole rings is 1. The van der Waals surface area contributed by atoms with Crippen molar-refractivity contribution in [2.24, 2.45) is 0 Å². The first-order valence-electron chi connectivity index (χ1n) is 6.04. The van der Waals surface area contributed by atoms with Crippen molar-refractivity contribution in [1.29, 1.82) is 0 Å². The highest BCUT2D eigenvalue weighted by atomic mass is 32.1. The zero-order valence-electron chi connectivity index (χ0n) is 10.2. The van der Waals surface area contributed by atoms with E-state index in [2.05, 4.69) is 9.97 Å². The molecule has 0 aliphatic carbocycles. The van der Waals surface area contributed by atoms with Gasteiger partial charge in [-0.15, -0.1) is 11.3 Å². The van der Waals surface area contributed by atoms with Crippen molar-refractivity contribution in [1.82, 2.24) is 9.97 Å². The van der Waals surface area contributed by atoms with Crippen LogP contribution in [0.4, 0.5) is 8.78 Å². The largest absolute Gasteiger partial charge is 0.338 e. The molecule has 0 bridgehead atoms. The molecule has 98 valence electrons. The SMILES string of the molecule is Fc1cc(F)c2nc(-c3csc4ccccc34)[nH]c2c1. The van der Waals surface area contributed by atoms with E-state index in [0.717, 1.165) is 21.7 Å². The van der Waals surface area contributed by atoms with Gasteiger partial charge in [0.2, 0.25) is 0 Å². The van der Waals surface area contributed by atoms with Crippen LogP contribution in [-0.2, 0) is 0 Å². The predicted molar refractivity (Wildman–Crippen MR) is 76.8 cm³/mol. The van der Waals surface area contributed by atoms with E-state index in [1.54, 1.807) is 11.3 Å². The molecule has 0 saturated heterocycles. The Kier molecular flexibility index (Phi) is 2.37. The van der Waals surface area contributed by atoms with Crippen LogP contribution in [0, 0.1) is 11.6 Å². The maximum absolute atomic E-state index is 13.7. The second kappa shape index (κ2) is 4.11. The third-order valence-electron chi connectivity index (χ3n) is 3.24. The highest BCUT2D eigenvalue weighted by molar-refractivity contribution is 7.17. The molecule has 0 radical (unpaired) electrons. The highest BCUT2D eigenvalue weighted by Gasteiger charge is 2.13. The van der Waals surface area contributed by atoms with E-state index in [4.69, 9.17) is 0 Å². The Hall–Kier alpha value is -2.27. The summed E-state index contributed by atoms with van der Waals surface area (Å²) >= 11 is 1.60. The molecule has 5 heteroatoms. The van der Waals surface area contributed by atoms with Crippen molar-refractivity contribution >= 4 is 32.5 Å². The molecule has 0 atom stereocenters. The number of hydrogen-bond acceptors (Lipinski definition) is 2. The lowest BCUT2D eigenvalue weighted by Crippen LogP contribution is -1.81. The van der Waals surface area contributed by atoms with Crippen LogP contribution in [0.15, 0.2) is 41.8 Å². The summed E-state index contributed by atoms with van der Waals surface area (Å²) in [4.78, 5) is 7.24. The van der Waals surface area contributed by atoms with E-state index in [1.807, 2.05) is 29.6 Å². The third-order valence-corrected chi connectivity index (χ3v) is 4.20. The third kappa shape index (κ3) is 1.63. The first kappa shape index (κ1) is 11.5. The standard InChI is InChI=1S/C15H8F2N2S/c16-8-5-11(17)14-12(6-8)18-15(19-14)10-7-20-13-4-2-1-3-9(10)13/h1-7H,(H,18,19). The Balaban J connectivity index is 2.01. The number of nitrogens with one attached hydrogen (secondary N) is 1. The minimum atomic E-state index is -0.651. The molecule has 1 N–H and O–H groups in total. The van der Waals surface area contributed by atoms with Gasteiger partial charge in [-0.3, -0.25) is 0 Å². The van der Waals surface area contributed by atoms with Crippen LogP contribution in [0.25, 0.3) is 32.5 Å². The zero-order chi connectivity index (χ0) is 13.7. The molecule has 0 aliphatic heterocycles. The number of aromatic amines is 1. The van der Waals surface area contributed by atoms with E-state index in [-0.39, 0.29) is 5.52 Å². The fourth-order valence-corrected chi connectivity index (χ4v) is 3.28. The number of rotatable bonds is 1. The van der Waals surface area contributed by atoms with Gasteiger partial charge >= 0.3 is 0 Å². The average Bonchev–Trinajstić information content (AvgIpc) is 3.01. The molecule has 2 nitrogen and oxygen atoms in total. The van der Waals surface area contributed by atoms with Crippen molar-refractivity contribution in [3.05, 3.63) is 53.4 Å². The number of halogens is 2. The minimum absolute atomic E-state index is 0.164. The lowest BCUT2D eigenvalue weighted by Gasteiger charge is -1.93. The molecule has 4 rings (SSSR count). The van der Waals surface area contributed by atoms with E-state index >= 15 is 0 Å². The monoisotopic (exact) mass is 286 g/mol. The summed E-state index contributed by atoms with van der Waals surface area (Å²) in [7, 11) is 0. The number of hydrogen-bond donors (Lipinski definition) is 1. The van der Waals surface area contributed by atoms with Crippen molar-refractivity contribution in [2.45, 2.75) is 0 Å². The molecule has 0 unspecified atom stereocenters. The average molecular weight is 286 g/mol.